The number of amides is 1. The minimum Gasteiger partial charge on any atom is -0.343 e. The lowest BCUT2D eigenvalue weighted by Crippen LogP contribution is -2.41. The summed E-state index contributed by atoms with van der Waals surface area (Å²) in [5, 5.41) is 3.11. The first kappa shape index (κ1) is 12.5. The van der Waals surface area contributed by atoms with Gasteiger partial charge in [-0.1, -0.05) is 13.8 Å². The quantitative estimate of drug-likeness (QED) is 0.700. The van der Waals surface area contributed by atoms with Crippen molar-refractivity contribution in [1.29, 1.82) is 0 Å². The van der Waals surface area contributed by atoms with Crippen molar-refractivity contribution in [3.05, 3.63) is 0 Å². The Morgan fingerprint density at radius 1 is 1.53 bits per heavy atom. The lowest BCUT2D eigenvalue weighted by Gasteiger charge is -2.33. The van der Waals surface area contributed by atoms with Crippen LogP contribution in [0.5, 0.6) is 0 Å². The van der Waals surface area contributed by atoms with Crippen LogP contribution in [0.2, 0.25) is 0 Å². The molecular weight excluding hydrogens is 188 g/mol. The highest BCUT2D eigenvalue weighted by atomic mass is 16.2. The third kappa shape index (κ3) is 3.82. The van der Waals surface area contributed by atoms with Crippen LogP contribution in [0.15, 0.2) is 0 Å². The van der Waals surface area contributed by atoms with Crippen molar-refractivity contribution in [1.82, 2.24) is 10.2 Å². The second-order valence-corrected chi connectivity index (χ2v) is 4.83. The van der Waals surface area contributed by atoms with Gasteiger partial charge in [0.25, 0.3) is 0 Å². The molecule has 1 aliphatic heterocycles. The summed E-state index contributed by atoms with van der Waals surface area (Å²) in [6, 6.07) is 0. The molecule has 1 unspecified atom stereocenters. The van der Waals surface area contributed by atoms with Crippen molar-refractivity contribution in [2.75, 3.05) is 26.7 Å². The Labute approximate surface area is 93.2 Å². The molecule has 0 bridgehead atoms. The van der Waals surface area contributed by atoms with E-state index in [1.54, 1.807) is 0 Å². The van der Waals surface area contributed by atoms with E-state index in [4.69, 9.17) is 0 Å². The Hall–Kier alpha value is -0.570. The van der Waals surface area contributed by atoms with E-state index in [0.717, 1.165) is 32.5 Å². The summed E-state index contributed by atoms with van der Waals surface area (Å²) < 4.78 is 0. The fourth-order valence-corrected chi connectivity index (χ4v) is 2.15. The molecule has 15 heavy (non-hydrogen) atoms. The highest BCUT2D eigenvalue weighted by Gasteiger charge is 2.26. The molecule has 1 saturated heterocycles. The molecule has 3 nitrogen and oxygen atoms in total. The number of nitrogens with one attached hydrogen (secondary N) is 1. The SMILES string of the molecule is CNCCCN1CCC(C(C)C)CC1=O. The first-order valence-electron chi connectivity index (χ1n) is 6.07. The lowest BCUT2D eigenvalue weighted by molar-refractivity contribution is -0.135. The minimum absolute atomic E-state index is 0.357. The van der Waals surface area contributed by atoms with Gasteiger partial charge in [0.05, 0.1) is 0 Å². The smallest absolute Gasteiger partial charge is 0.222 e. The van der Waals surface area contributed by atoms with Gasteiger partial charge >= 0.3 is 0 Å². The normalized spacial score (nSPS) is 22.5. The molecule has 1 N–H and O–H groups in total. The van der Waals surface area contributed by atoms with Gasteiger partial charge in [0.15, 0.2) is 0 Å². The number of carbonyl (C=O) groups is 1. The van der Waals surface area contributed by atoms with E-state index in [-0.39, 0.29) is 0 Å². The lowest BCUT2D eigenvalue weighted by atomic mass is 9.86. The van der Waals surface area contributed by atoms with Crippen molar-refractivity contribution in [2.24, 2.45) is 11.8 Å². The highest BCUT2D eigenvalue weighted by Crippen LogP contribution is 2.25. The molecule has 0 aromatic rings. The molecule has 1 aliphatic rings. The van der Waals surface area contributed by atoms with E-state index < -0.39 is 0 Å². The van der Waals surface area contributed by atoms with Gasteiger partial charge in [0.2, 0.25) is 5.91 Å². The van der Waals surface area contributed by atoms with E-state index in [0.29, 0.717) is 17.7 Å². The van der Waals surface area contributed by atoms with Crippen molar-refractivity contribution in [3.8, 4) is 0 Å². The maximum absolute atomic E-state index is 11.8. The van der Waals surface area contributed by atoms with Gasteiger partial charge in [-0.15, -0.1) is 0 Å². The zero-order valence-corrected chi connectivity index (χ0v) is 10.3. The number of likely N-dealkylation sites (tertiary alicyclic amines) is 1. The first-order chi connectivity index (χ1) is 7.15. The fraction of sp³-hybridized carbons (Fsp3) is 0.917. The molecule has 0 radical (unpaired) electrons. The Morgan fingerprint density at radius 3 is 2.80 bits per heavy atom. The summed E-state index contributed by atoms with van der Waals surface area (Å²) in [5.74, 6) is 1.61. The number of piperidine rings is 1. The van der Waals surface area contributed by atoms with Gasteiger partial charge in [-0.25, -0.2) is 0 Å². The number of rotatable bonds is 5. The maximum atomic E-state index is 11.8. The van der Waals surface area contributed by atoms with Gasteiger partial charge < -0.3 is 10.2 Å². The van der Waals surface area contributed by atoms with Crippen LogP contribution >= 0.6 is 0 Å². The van der Waals surface area contributed by atoms with Crippen molar-refractivity contribution in [3.63, 3.8) is 0 Å². The van der Waals surface area contributed by atoms with E-state index in [9.17, 15) is 4.79 Å². The number of hydrogen-bond acceptors (Lipinski definition) is 2. The molecule has 3 heteroatoms. The predicted molar refractivity (Wildman–Crippen MR) is 62.7 cm³/mol. The number of carbonyl (C=O) groups excluding carboxylic acids is 1. The zero-order valence-electron chi connectivity index (χ0n) is 10.3. The van der Waals surface area contributed by atoms with Gasteiger partial charge in [0.1, 0.15) is 0 Å². The molecule has 0 aromatic carbocycles. The molecule has 0 saturated carbocycles. The van der Waals surface area contributed by atoms with Crippen LogP contribution in [-0.4, -0.2) is 37.5 Å². The Bertz CT molecular complexity index is 204. The predicted octanol–water partition coefficient (Wildman–Crippen LogP) is 1.49. The summed E-state index contributed by atoms with van der Waals surface area (Å²) in [5.41, 5.74) is 0. The van der Waals surface area contributed by atoms with E-state index in [2.05, 4.69) is 19.2 Å². The molecule has 1 heterocycles. The third-order valence-corrected chi connectivity index (χ3v) is 3.36. The minimum atomic E-state index is 0.357. The van der Waals surface area contributed by atoms with E-state index >= 15 is 0 Å². The molecule has 0 aromatic heterocycles. The standard InChI is InChI=1S/C12H24N2O/c1-10(2)11-5-8-14(12(15)9-11)7-4-6-13-3/h10-11,13H,4-9H2,1-3H3. The fourth-order valence-electron chi connectivity index (χ4n) is 2.15. The topological polar surface area (TPSA) is 32.3 Å². The van der Waals surface area contributed by atoms with Crippen molar-refractivity contribution in [2.45, 2.75) is 33.1 Å². The molecular formula is C12H24N2O. The Balaban J connectivity index is 2.29. The second-order valence-electron chi connectivity index (χ2n) is 4.83. The Morgan fingerprint density at radius 2 is 2.27 bits per heavy atom. The molecule has 0 spiro atoms. The second kappa shape index (κ2) is 6.11. The molecule has 1 amide bonds. The van der Waals surface area contributed by atoms with Crippen LogP contribution in [0.25, 0.3) is 0 Å². The summed E-state index contributed by atoms with van der Waals surface area (Å²) in [6.07, 6.45) is 3.01. The number of hydrogen-bond donors (Lipinski definition) is 1. The Kier molecular flexibility index (Phi) is 5.09. The monoisotopic (exact) mass is 212 g/mol. The van der Waals surface area contributed by atoms with Crippen LogP contribution < -0.4 is 5.32 Å². The largest absolute Gasteiger partial charge is 0.343 e. The average molecular weight is 212 g/mol. The van der Waals surface area contributed by atoms with Crippen LogP contribution in [-0.2, 0) is 4.79 Å². The van der Waals surface area contributed by atoms with Crippen LogP contribution in [0.4, 0.5) is 0 Å². The highest BCUT2D eigenvalue weighted by molar-refractivity contribution is 5.77. The van der Waals surface area contributed by atoms with Crippen LogP contribution in [0.3, 0.4) is 0 Å². The summed E-state index contributed by atoms with van der Waals surface area (Å²) >= 11 is 0. The van der Waals surface area contributed by atoms with Crippen molar-refractivity contribution >= 4 is 5.91 Å². The van der Waals surface area contributed by atoms with Crippen LogP contribution in [0.1, 0.15) is 33.1 Å². The van der Waals surface area contributed by atoms with Gasteiger partial charge in [-0.05, 0) is 38.3 Å². The average Bonchev–Trinajstić information content (AvgIpc) is 2.20. The zero-order chi connectivity index (χ0) is 11.3. The third-order valence-electron chi connectivity index (χ3n) is 3.36. The van der Waals surface area contributed by atoms with E-state index in [1.807, 2.05) is 11.9 Å². The van der Waals surface area contributed by atoms with Crippen LogP contribution in [0, 0.1) is 11.8 Å². The van der Waals surface area contributed by atoms with E-state index in [1.165, 1.54) is 6.42 Å². The summed E-state index contributed by atoms with van der Waals surface area (Å²) in [6.45, 7) is 7.32. The number of nitrogens with zero attached hydrogens (tertiary/aromatic N) is 1. The van der Waals surface area contributed by atoms with Crippen molar-refractivity contribution < 1.29 is 4.79 Å². The van der Waals surface area contributed by atoms with Gasteiger partial charge in [0, 0.05) is 19.5 Å². The molecule has 0 aliphatic carbocycles. The molecule has 88 valence electrons. The molecule has 1 fully saturated rings. The maximum Gasteiger partial charge on any atom is 0.222 e. The molecule has 1 atom stereocenters. The summed E-state index contributed by atoms with van der Waals surface area (Å²) in [7, 11) is 1.95. The van der Waals surface area contributed by atoms with Gasteiger partial charge in [-0.3, -0.25) is 4.79 Å². The summed E-state index contributed by atoms with van der Waals surface area (Å²) in [4.78, 5) is 13.8. The first-order valence-corrected chi connectivity index (χ1v) is 6.07. The van der Waals surface area contributed by atoms with Gasteiger partial charge in [-0.2, -0.15) is 0 Å². The molecule has 1 rings (SSSR count).